The molecule has 2 aliphatic rings. The van der Waals surface area contributed by atoms with Crippen LogP contribution < -0.4 is 0 Å². The van der Waals surface area contributed by atoms with E-state index in [-0.39, 0.29) is 50.6 Å². The van der Waals surface area contributed by atoms with E-state index >= 15 is 0 Å². The minimum Gasteiger partial charge on any atom is -0.661 e. The van der Waals surface area contributed by atoms with Crippen LogP contribution >= 0.6 is 0 Å². The number of hydrogen-bond acceptors (Lipinski definition) is 2. The largest absolute Gasteiger partial charge is 2.00 e. The topological polar surface area (TPSA) is 197 Å². The Kier molecular flexibility index (Phi) is 27.4. The molecule has 0 amide bonds. The van der Waals surface area contributed by atoms with Gasteiger partial charge in [0.1, 0.15) is 0 Å². The molecule has 2 heterocycles. The third-order valence-electron chi connectivity index (χ3n) is 2.71. The van der Waals surface area contributed by atoms with Gasteiger partial charge in [-0.25, -0.2) is 0 Å². The fourth-order valence-corrected chi connectivity index (χ4v) is 1.99. The molecule has 12 heteroatoms. The van der Waals surface area contributed by atoms with Gasteiger partial charge in [0, 0.05) is 17.1 Å². The first-order chi connectivity index (χ1) is 7.97. The molecule has 2 radical (unpaired) electrons. The molecule has 0 aromatic heterocycles. The van der Waals surface area contributed by atoms with Gasteiger partial charge in [-0.05, 0) is 0 Å². The summed E-state index contributed by atoms with van der Waals surface area (Å²) in [5, 5.41) is 9.20. The Hall–Kier alpha value is 0.449. The molecule has 9 nitrogen and oxygen atoms in total. The predicted molar refractivity (Wildman–Crippen MR) is 76.7 cm³/mol. The molecule has 0 aromatic rings. The van der Waals surface area contributed by atoms with Crippen molar-refractivity contribution >= 4 is 10.4 Å². The average molecular weight is 443 g/mol. The van der Waals surface area contributed by atoms with Crippen molar-refractivity contribution in [2.24, 2.45) is 0 Å². The van der Waals surface area contributed by atoms with Gasteiger partial charge in [-0.2, -0.15) is 14.5 Å². The first-order valence-corrected chi connectivity index (χ1v) is 7.04. The van der Waals surface area contributed by atoms with E-state index in [1.54, 1.807) is 0 Å². The zero-order valence-electron chi connectivity index (χ0n) is 11.7. The maximum Gasteiger partial charge on any atom is 2.00 e. The molecule has 144 valence electrons. The van der Waals surface area contributed by atoms with Gasteiger partial charge < -0.3 is 27.1 Å². The molecule has 0 bridgehead atoms. The van der Waals surface area contributed by atoms with Crippen LogP contribution in [0.2, 0.25) is 0 Å². The standard InChI is InChI=1S/C10H16N2.2Cu.H2O4S.3H2O/c1-3-7-11-9(5-1)10-6-2-4-8-12-10;;;1-5(2,3)4;;;/h1,3,9-10H,2,4-8H2;;;(H2,1,2,3,4);3*1H2/q-2;;+2;;;;. The molecule has 8 N–H and O–H groups in total. The number of rotatable bonds is 1. The quantitative estimate of drug-likeness (QED) is 0.312. The van der Waals surface area contributed by atoms with Gasteiger partial charge in [-0.15, -0.1) is 25.2 Å². The van der Waals surface area contributed by atoms with Crippen molar-refractivity contribution < 1.29 is 68.1 Å². The maximum absolute atomic E-state index is 8.74. The van der Waals surface area contributed by atoms with Gasteiger partial charge in [-0.3, -0.25) is 9.11 Å². The molecule has 22 heavy (non-hydrogen) atoms. The van der Waals surface area contributed by atoms with Crippen molar-refractivity contribution in [3.8, 4) is 0 Å². The fraction of sp³-hybridized carbons (Fsp3) is 0.800. The van der Waals surface area contributed by atoms with E-state index in [2.05, 4.69) is 22.8 Å². The Morgan fingerprint density at radius 2 is 1.50 bits per heavy atom. The second-order valence-corrected chi connectivity index (χ2v) is 4.95. The van der Waals surface area contributed by atoms with E-state index in [4.69, 9.17) is 17.5 Å². The van der Waals surface area contributed by atoms with Crippen LogP contribution in [0.15, 0.2) is 12.2 Å². The normalized spacial score (nSPS) is 22.6. The predicted octanol–water partition coefficient (Wildman–Crippen LogP) is -0.517. The van der Waals surface area contributed by atoms with Crippen LogP contribution in [0.3, 0.4) is 0 Å². The minimum atomic E-state index is -4.67. The smallest absolute Gasteiger partial charge is 0.661 e. The molecule has 1 fully saturated rings. The van der Waals surface area contributed by atoms with Crippen LogP contribution in [-0.4, -0.2) is 59.1 Å². The summed E-state index contributed by atoms with van der Waals surface area (Å²) in [7, 11) is -4.67. The summed E-state index contributed by atoms with van der Waals surface area (Å²) < 4.78 is 31.6. The maximum atomic E-state index is 8.74. The molecular formula is C10H24Cu2N2O7S. The van der Waals surface area contributed by atoms with Crippen molar-refractivity contribution in [1.82, 2.24) is 0 Å². The summed E-state index contributed by atoms with van der Waals surface area (Å²) in [6, 6.07) is 1.05. The van der Waals surface area contributed by atoms with Crippen LogP contribution in [0.4, 0.5) is 0 Å². The van der Waals surface area contributed by atoms with Crippen molar-refractivity contribution in [2.75, 3.05) is 13.1 Å². The van der Waals surface area contributed by atoms with Crippen molar-refractivity contribution in [3.63, 3.8) is 0 Å². The van der Waals surface area contributed by atoms with Crippen LogP contribution in [0, 0.1) is 0 Å². The zero-order chi connectivity index (χ0) is 12.7. The molecule has 0 saturated carbocycles. The van der Waals surface area contributed by atoms with Gasteiger partial charge in [0.15, 0.2) is 0 Å². The first kappa shape index (κ1) is 33.9. The van der Waals surface area contributed by atoms with E-state index in [0.717, 1.165) is 19.5 Å². The van der Waals surface area contributed by atoms with Crippen LogP contribution in [0.25, 0.3) is 10.6 Å². The van der Waals surface area contributed by atoms with E-state index in [9.17, 15) is 0 Å². The Morgan fingerprint density at radius 3 is 1.86 bits per heavy atom. The van der Waals surface area contributed by atoms with Crippen molar-refractivity contribution in [1.29, 1.82) is 0 Å². The van der Waals surface area contributed by atoms with Crippen molar-refractivity contribution in [3.05, 3.63) is 22.8 Å². The molecule has 2 atom stereocenters. The van der Waals surface area contributed by atoms with Gasteiger partial charge in [-0.1, -0.05) is 31.8 Å². The summed E-state index contributed by atoms with van der Waals surface area (Å²) >= 11 is 0. The minimum absolute atomic E-state index is 0. The van der Waals surface area contributed by atoms with Crippen molar-refractivity contribution in [2.45, 2.75) is 37.8 Å². The summed E-state index contributed by atoms with van der Waals surface area (Å²) in [6.07, 6.45) is 9.43. The van der Waals surface area contributed by atoms with Crippen LogP contribution in [0.5, 0.6) is 0 Å². The first-order valence-electron chi connectivity index (χ1n) is 5.65. The zero-order valence-corrected chi connectivity index (χ0v) is 14.4. The summed E-state index contributed by atoms with van der Waals surface area (Å²) in [6.45, 7) is 1.98. The van der Waals surface area contributed by atoms with Crippen LogP contribution in [0.1, 0.15) is 25.7 Å². The molecule has 2 rings (SSSR count). The third kappa shape index (κ3) is 18.5. The molecule has 2 unspecified atom stereocenters. The molecular weight excluding hydrogens is 419 g/mol. The van der Waals surface area contributed by atoms with Gasteiger partial charge in [0.2, 0.25) is 0 Å². The Labute approximate surface area is 152 Å². The average Bonchev–Trinajstić information content (AvgIpc) is 2.29. The fourth-order valence-electron chi connectivity index (χ4n) is 1.99. The van der Waals surface area contributed by atoms with Gasteiger partial charge in [0.05, 0.1) is 0 Å². The van der Waals surface area contributed by atoms with Gasteiger partial charge >= 0.3 is 27.5 Å². The summed E-state index contributed by atoms with van der Waals surface area (Å²) in [5.74, 6) is 0. The third-order valence-corrected chi connectivity index (χ3v) is 2.71. The number of nitrogens with zero attached hydrogens (tertiary/aromatic N) is 2. The van der Waals surface area contributed by atoms with E-state index in [1.165, 1.54) is 19.3 Å². The summed E-state index contributed by atoms with van der Waals surface area (Å²) in [5.41, 5.74) is 0. The second-order valence-electron chi connectivity index (χ2n) is 4.06. The van der Waals surface area contributed by atoms with E-state index in [1.807, 2.05) is 0 Å². The number of piperidine rings is 1. The molecule has 0 aromatic carbocycles. The summed E-state index contributed by atoms with van der Waals surface area (Å²) in [4.78, 5) is 0. The monoisotopic (exact) mass is 442 g/mol. The molecule has 0 spiro atoms. The number of hydrogen-bond donors (Lipinski definition) is 2. The van der Waals surface area contributed by atoms with Crippen LogP contribution in [-0.2, 0) is 44.5 Å². The van der Waals surface area contributed by atoms with E-state index < -0.39 is 10.4 Å². The Bertz CT molecular complexity index is 343. The SMILES string of the molecule is C1=CCC(C2CCCC[N-]2)[N-]C1.O.O.O.O=S(=O)(O)O.[Cu+2].[Cu]. The molecule has 0 aliphatic carbocycles. The van der Waals surface area contributed by atoms with E-state index in [0.29, 0.717) is 12.1 Å². The Morgan fingerprint density at radius 1 is 0.955 bits per heavy atom. The Balaban J connectivity index is -0.0000000870. The van der Waals surface area contributed by atoms with Gasteiger partial charge in [0.25, 0.3) is 0 Å². The second kappa shape index (κ2) is 17.8. The molecule has 2 aliphatic heterocycles. The molecule has 1 saturated heterocycles.